The minimum Gasteiger partial charge on any atom is -0.481 e. The minimum absolute atomic E-state index is 0.108. The van der Waals surface area contributed by atoms with Crippen molar-refractivity contribution in [3.63, 3.8) is 0 Å². The van der Waals surface area contributed by atoms with Crippen LogP contribution in [0.3, 0.4) is 0 Å². The minimum atomic E-state index is -0.114. The number of aliphatic imine (C=N–C) groups is 1. The van der Waals surface area contributed by atoms with Crippen LogP contribution < -0.4 is 10.1 Å². The Labute approximate surface area is 157 Å². The van der Waals surface area contributed by atoms with Gasteiger partial charge in [0, 0.05) is 22.9 Å². The Morgan fingerprint density at radius 1 is 0.963 bits per heavy atom. The van der Waals surface area contributed by atoms with Gasteiger partial charge in [0.05, 0.1) is 18.5 Å². The second kappa shape index (κ2) is 7.03. The zero-order valence-electron chi connectivity index (χ0n) is 15.2. The Kier molecular flexibility index (Phi) is 4.42. The van der Waals surface area contributed by atoms with Gasteiger partial charge in [-0.3, -0.25) is 9.79 Å². The highest BCUT2D eigenvalue weighted by molar-refractivity contribution is 6.19. The number of pyridine rings is 1. The number of nitrogens with zero attached hydrogens (tertiary/aromatic N) is 2. The quantitative estimate of drug-likeness (QED) is 0.774. The lowest BCUT2D eigenvalue weighted by molar-refractivity contribution is -0.114. The van der Waals surface area contributed by atoms with Crippen molar-refractivity contribution in [2.45, 2.75) is 6.92 Å². The average Bonchev–Trinajstić information content (AvgIpc) is 2.85. The summed E-state index contributed by atoms with van der Waals surface area (Å²) in [5, 5.41) is 2.94. The van der Waals surface area contributed by atoms with Crippen LogP contribution >= 0.6 is 0 Å². The van der Waals surface area contributed by atoms with Crippen LogP contribution in [-0.2, 0) is 4.79 Å². The van der Waals surface area contributed by atoms with Gasteiger partial charge >= 0.3 is 0 Å². The molecular formula is C22H19N3O2. The maximum atomic E-state index is 12.1. The van der Waals surface area contributed by atoms with Gasteiger partial charge in [-0.2, -0.15) is 0 Å². The van der Waals surface area contributed by atoms with Crippen molar-refractivity contribution >= 4 is 17.3 Å². The summed E-state index contributed by atoms with van der Waals surface area (Å²) in [6.45, 7) is 2.04. The zero-order valence-corrected chi connectivity index (χ0v) is 15.2. The largest absolute Gasteiger partial charge is 0.481 e. The molecule has 0 saturated carbocycles. The van der Waals surface area contributed by atoms with E-state index in [9.17, 15) is 4.79 Å². The first kappa shape index (κ1) is 17.0. The van der Waals surface area contributed by atoms with Gasteiger partial charge in [0.25, 0.3) is 0 Å². The molecule has 1 aromatic heterocycles. The second-order valence-electron chi connectivity index (χ2n) is 6.38. The highest BCUT2D eigenvalue weighted by Crippen LogP contribution is 2.30. The number of rotatable bonds is 3. The van der Waals surface area contributed by atoms with E-state index < -0.39 is 0 Å². The summed E-state index contributed by atoms with van der Waals surface area (Å²) in [7, 11) is 1.61. The maximum absolute atomic E-state index is 12.1. The maximum Gasteiger partial charge on any atom is 0.246 e. The molecule has 0 atom stereocenters. The molecule has 0 spiro atoms. The summed E-state index contributed by atoms with van der Waals surface area (Å²) in [5.41, 5.74) is 6.35. The van der Waals surface area contributed by atoms with E-state index in [0.29, 0.717) is 5.88 Å². The summed E-state index contributed by atoms with van der Waals surface area (Å²) < 4.78 is 5.30. The predicted molar refractivity (Wildman–Crippen MR) is 107 cm³/mol. The highest BCUT2D eigenvalue weighted by atomic mass is 16.5. The van der Waals surface area contributed by atoms with Crippen LogP contribution in [-0.4, -0.2) is 30.3 Å². The van der Waals surface area contributed by atoms with Gasteiger partial charge in [0.1, 0.15) is 6.54 Å². The molecule has 4 rings (SSSR count). The fraction of sp³-hybridized carbons (Fsp3) is 0.136. The molecular weight excluding hydrogens is 338 g/mol. The van der Waals surface area contributed by atoms with E-state index in [1.54, 1.807) is 7.11 Å². The molecule has 27 heavy (non-hydrogen) atoms. The topological polar surface area (TPSA) is 63.6 Å². The van der Waals surface area contributed by atoms with Crippen LogP contribution in [0.15, 0.2) is 65.7 Å². The summed E-state index contributed by atoms with van der Waals surface area (Å²) >= 11 is 0. The van der Waals surface area contributed by atoms with Gasteiger partial charge in [0.2, 0.25) is 11.8 Å². The molecule has 1 amide bonds. The predicted octanol–water partition coefficient (Wildman–Crippen LogP) is 3.86. The molecule has 5 nitrogen and oxygen atoms in total. The van der Waals surface area contributed by atoms with E-state index in [1.165, 1.54) is 0 Å². The molecule has 1 N–H and O–H groups in total. The van der Waals surface area contributed by atoms with Crippen LogP contribution in [0.5, 0.6) is 5.88 Å². The monoisotopic (exact) mass is 357 g/mol. The molecule has 134 valence electrons. The van der Waals surface area contributed by atoms with E-state index in [-0.39, 0.29) is 12.5 Å². The number of ether oxygens (including phenoxy) is 1. The van der Waals surface area contributed by atoms with Crippen LogP contribution in [0.25, 0.3) is 11.1 Å². The number of aryl methyl sites for hydroxylation is 1. The Hall–Kier alpha value is -3.47. The van der Waals surface area contributed by atoms with Gasteiger partial charge < -0.3 is 10.1 Å². The number of carbonyl (C=O) groups is 1. The Balaban J connectivity index is 1.87. The van der Waals surface area contributed by atoms with Gasteiger partial charge in [0.15, 0.2) is 0 Å². The SMILES string of the molecule is COc1cc(-c2ccc3c(c2)C(c2ccccc2)=NCC(=O)N3)cc(C)n1. The molecule has 2 aromatic carbocycles. The molecule has 3 aromatic rings. The van der Waals surface area contributed by atoms with E-state index in [2.05, 4.69) is 21.4 Å². The third-order valence-corrected chi connectivity index (χ3v) is 4.45. The molecule has 0 bridgehead atoms. The van der Waals surface area contributed by atoms with E-state index in [1.807, 2.05) is 61.5 Å². The van der Waals surface area contributed by atoms with Crippen LogP contribution in [0.2, 0.25) is 0 Å². The Bertz CT molecular complexity index is 1040. The number of benzodiazepines with no additional fused rings is 1. The smallest absolute Gasteiger partial charge is 0.246 e. The van der Waals surface area contributed by atoms with Gasteiger partial charge in [-0.1, -0.05) is 36.4 Å². The number of carbonyl (C=O) groups excluding carboxylic acids is 1. The lowest BCUT2D eigenvalue weighted by Gasteiger charge is -2.13. The van der Waals surface area contributed by atoms with Gasteiger partial charge in [-0.05, 0) is 36.2 Å². The number of benzene rings is 2. The van der Waals surface area contributed by atoms with Crippen LogP contribution in [0.4, 0.5) is 5.69 Å². The second-order valence-corrected chi connectivity index (χ2v) is 6.38. The first-order valence-electron chi connectivity index (χ1n) is 8.71. The van der Waals surface area contributed by atoms with Crippen molar-refractivity contribution < 1.29 is 9.53 Å². The molecule has 5 heteroatoms. The number of fused-ring (bicyclic) bond motifs is 1. The lowest BCUT2D eigenvalue weighted by Crippen LogP contribution is -2.13. The molecule has 1 aliphatic rings. The van der Waals surface area contributed by atoms with Crippen molar-refractivity contribution in [1.82, 2.24) is 4.98 Å². The standard InChI is InChI=1S/C22H19N3O2/c1-14-10-17(12-21(24-14)27-2)16-8-9-19-18(11-16)22(23-13-20(26)25-19)15-6-4-3-5-7-15/h3-12H,13H2,1-2H3,(H,25,26). The van der Waals surface area contributed by atoms with Gasteiger partial charge in [-0.15, -0.1) is 0 Å². The first-order chi connectivity index (χ1) is 13.1. The number of aromatic nitrogens is 1. The van der Waals surface area contributed by atoms with E-state index >= 15 is 0 Å². The third kappa shape index (κ3) is 3.44. The summed E-state index contributed by atoms with van der Waals surface area (Å²) in [5.74, 6) is 0.460. The fourth-order valence-corrected chi connectivity index (χ4v) is 3.21. The summed E-state index contributed by atoms with van der Waals surface area (Å²) in [6.07, 6.45) is 0. The fourth-order valence-electron chi connectivity index (χ4n) is 3.21. The molecule has 2 heterocycles. The molecule has 0 aliphatic carbocycles. The molecule has 1 aliphatic heterocycles. The summed E-state index contributed by atoms with van der Waals surface area (Å²) in [4.78, 5) is 21.0. The van der Waals surface area contributed by atoms with Crippen molar-refractivity contribution in [3.8, 4) is 17.0 Å². The zero-order chi connectivity index (χ0) is 18.8. The van der Waals surface area contributed by atoms with Crippen molar-refractivity contribution in [2.75, 3.05) is 19.0 Å². The normalized spacial score (nSPS) is 13.3. The average molecular weight is 357 g/mol. The van der Waals surface area contributed by atoms with Gasteiger partial charge in [-0.25, -0.2) is 4.98 Å². The molecule has 0 radical (unpaired) electrons. The Morgan fingerprint density at radius 3 is 2.56 bits per heavy atom. The first-order valence-corrected chi connectivity index (χ1v) is 8.71. The number of hydrogen-bond donors (Lipinski definition) is 1. The van der Waals surface area contributed by atoms with Crippen molar-refractivity contribution in [3.05, 3.63) is 77.5 Å². The lowest BCUT2D eigenvalue weighted by atomic mass is 9.96. The number of amides is 1. The molecule has 0 unspecified atom stereocenters. The Morgan fingerprint density at radius 2 is 1.78 bits per heavy atom. The number of nitrogens with one attached hydrogen (secondary N) is 1. The van der Waals surface area contributed by atoms with Crippen molar-refractivity contribution in [1.29, 1.82) is 0 Å². The number of methoxy groups -OCH3 is 1. The van der Waals surface area contributed by atoms with Crippen LogP contribution in [0.1, 0.15) is 16.8 Å². The van der Waals surface area contributed by atoms with Crippen LogP contribution in [0, 0.1) is 6.92 Å². The summed E-state index contributed by atoms with van der Waals surface area (Å²) in [6, 6.07) is 19.8. The molecule has 0 saturated heterocycles. The highest BCUT2D eigenvalue weighted by Gasteiger charge is 2.19. The third-order valence-electron chi connectivity index (χ3n) is 4.45. The molecule has 0 fully saturated rings. The number of anilines is 1. The van der Waals surface area contributed by atoms with E-state index in [4.69, 9.17) is 4.74 Å². The number of hydrogen-bond acceptors (Lipinski definition) is 4. The van der Waals surface area contributed by atoms with Crippen molar-refractivity contribution in [2.24, 2.45) is 4.99 Å². The van der Waals surface area contributed by atoms with E-state index in [0.717, 1.165) is 39.3 Å².